The van der Waals surface area contributed by atoms with Crippen LogP contribution >= 0.6 is 11.6 Å². The van der Waals surface area contributed by atoms with Crippen molar-refractivity contribution < 1.29 is 4.79 Å². The van der Waals surface area contributed by atoms with E-state index in [1.54, 1.807) is 0 Å². The van der Waals surface area contributed by atoms with Gasteiger partial charge in [0.2, 0.25) is 5.91 Å². The minimum Gasteiger partial charge on any atom is -0.356 e. The van der Waals surface area contributed by atoms with Crippen molar-refractivity contribution >= 4 is 17.5 Å². The molecule has 0 aromatic carbocycles. The van der Waals surface area contributed by atoms with Crippen LogP contribution in [0.2, 0.25) is 0 Å². The third-order valence-corrected chi connectivity index (χ3v) is 4.66. The number of alkyl halides is 1. The first-order chi connectivity index (χ1) is 8.25. The molecule has 0 radical (unpaired) electrons. The number of hydrogen-bond acceptors (Lipinski definition) is 1. The van der Waals surface area contributed by atoms with E-state index >= 15 is 0 Å². The van der Waals surface area contributed by atoms with E-state index in [2.05, 4.69) is 5.32 Å². The summed E-state index contributed by atoms with van der Waals surface area (Å²) in [4.78, 5) is 12.0. The maximum atomic E-state index is 12.0. The zero-order chi connectivity index (χ0) is 12.1. The molecule has 3 heteroatoms. The van der Waals surface area contributed by atoms with Gasteiger partial charge in [-0.3, -0.25) is 4.79 Å². The summed E-state index contributed by atoms with van der Waals surface area (Å²) in [7, 11) is 0. The number of hydrogen-bond donors (Lipinski definition) is 1. The molecule has 2 rings (SSSR count). The molecule has 98 valence electrons. The van der Waals surface area contributed by atoms with Gasteiger partial charge in [0.1, 0.15) is 0 Å². The summed E-state index contributed by atoms with van der Waals surface area (Å²) >= 11 is 6.08. The average Bonchev–Trinajstić information content (AvgIpc) is 2.58. The number of nitrogens with one attached hydrogen (secondary N) is 1. The molecule has 0 aliphatic heterocycles. The van der Waals surface area contributed by atoms with E-state index in [1.807, 2.05) is 0 Å². The standard InChI is InChI=1S/C14H24ClNO/c15-13-8-7-11(9-13)10-16-14(17)12-5-3-1-2-4-6-12/h11-13H,1-10H2,(H,16,17). The van der Waals surface area contributed by atoms with Gasteiger partial charge in [0.15, 0.2) is 0 Å². The van der Waals surface area contributed by atoms with E-state index in [4.69, 9.17) is 11.6 Å². The highest BCUT2D eigenvalue weighted by molar-refractivity contribution is 6.20. The SMILES string of the molecule is O=C(NCC1CCC(Cl)C1)C1CCCCCC1. The van der Waals surface area contributed by atoms with Crippen molar-refractivity contribution in [3.8, 4) is 0 Å². The highest BCUT2D eigenvalue weighted by Crippen LogP contribution is 2.29. The Labute approximate surface area is 109 Å². The highest BCUT2D eigenvalue weighted by Gasteiger charge is 2.25. The molecule has 1 amide bonds. The molecule has 0 bridgehead atoms. The molecule has 1 N–H and O–H groups in total. The first kappa shape index (κ1) is 13.2. The maximum absolute atomic E-state index is 12.0. The Kier molecular flexibility index (Phi) is 5.15. The number of amides is 1. The van der Waals surface area contributed by atoms with Crippen molar-refractivity contribution in [2.75, 3.05) is 6.54 Å². The largest absolute Gasteiger partial charge is 0.356 e. The van der Waals surface area contributed by atoms with Crippen LogP contribution in [0, 0.1) is 11.8 Å². The molecule has 2 nitrogen and oxygen atoms in total. The van der Waals surface area contributed by atoms with Gasteiger partial charge in [-0.05, 0) is 38.0 Å². The molecular formula is C14H24ClNO. The van der Waals surface area contributed by atoms with Crippen LogP contribution in [-0.2, 0) is 4.79 Å². The van der Waals surface area contributed by atoms with Crippen molar-refractivity contribution in [2.24, 2.45) is 11.8 Å². The second-order valence-corrected chi connectivity index (χ2v) is 6.33. The van der Waals surface area contributed by atoms with Gasteiger partial charge in [-0.2, -0.15) is 0 Å². The van der Waals surface area contributed by atoms with E-state index < -0.39 is 0 Å². The van der Waals surface area contributed by atoms with Crippen LogP contribution in [0.15, 0.2) is 0 Å². The Morgan fingerprint density at radius 1 is 1.06 bits per heavy atom. The molecule has 17 heavy (non-hydrogen) atoms. The van der Waals surface area contributed by atoms with Crippen molar-refractivity contribution in [3.05, 3.63) is 0 Å². The molecule has 0 heterocycles. The molecular weight excluding hydrogens is 234 g/mol. The molecule has 0 saturated heterocycles. The quantitative estimate of drug-likeness (QED) is 0.609. The van der Waals surface area contributed by atoms with E-state index in [9.17, 15) is 4.79 Å². The van der Waals surface area contributed by atoms with Gasteiger partial charge in [-0.1, -0.05) is 25.7 Å². The molecule has 2 saturated carbocycles. The number of rotatable bonds is 3. The molecule has 2 fully saturated rings. The van der Waals surface area contributed by atoms with E-state index in [0.29, 0.717) is 17.2 Å². The highest BCUT2D eigenvalue weighted by atomic mass is 35.5. The Morgan fingerprint density at radius 2 is 1.76 bits per heavy atom. The lowest BCUT2D eigenvalue weighted by molar-refractivity contribution is -0.125. The van der Waals surface area contributed by atoms with Crippen LogP contribution in [0.3, 0.4) is 0 Å². The van der Waals surface area contributed by atoms with Crippen molar-refractivity contribution in [3.63, 3.8) is 0 Å². The Bertz CT molecular complexity index is 249. The average molecular weight is 258 g/mol. The summed E-state index contributed by atoms with van der Waals surface area (Å²) in [6, 6.07) is 0. The fraction of sp³-hybridized carbons (Fsp3) is 0.929. The number of halogens is 1. The topological polar surface area (TPSA) is 29.1 Å². The third kappa shape index (κ3) is 4.17. The second-order valence-electron chi connectivity index (χ2n) is 5.71. The minimum absolute atomic E-state index is 0.283. The third-order valence-electron chi connectivity index (χ3n) is 4.27. The van der Waals surface area contributed by atoms with E-state index in [0.717, 1.165) is 32.2 Å². The monoisotopic (exact) mass is 257 g/mol. The lowest BCUT2D eigenvalue weighted by Crippen LogP contribution is -2.33. The summed E-state index contributed by atoms with van der Waals surface area (Å²) in [5.41, 5.74) is 0. The van der Waals surface area contributed by atoms with E-state index in [1.165, 1.54) is 32.1 Å². The normalized spacial score (nSPS) is 31.1. The second kappa shape index (κ2) is 6.63. The van der Waals surface area contributed by atoms with Crippen molar-refractivity contribution in [1.82, 2.24) is 5.32 Å². The molecule has 2 atom stereocenters. The summed E-state index contributed by atoms with van der Waals surface area (Å²) in [5.74, 6) is 1.20. The summed E-state index contributed by atoms with van der Waals surface area (Å²) in [5, 5.41) is 3.49. The number of carbonyl (C=O) groups excluding carboxylic acids is 1. The molecule has 2 unspecified atom stereocenters. The number of carbonyl (C=O) groups is 1. The molecule has 2 aliphatic rings. The molecule has 2 aliphatic carbocycles. The predicted octanol–water partition coefficient (Wildman–Crippen LogP) is 3.48. The fourth-order valence-electron chi connectivity index (χ4n) is 3.13. The maximum Gasteiger partial charge on any atom is 0.223 e. The van der Waals surface area contributed by atoms with Crippen LogP contribution in [0.5, 0.6) is 0 Å². The Morgan fingerprint density at radius 3 is 2.35 bits per heavy atom. The lowest BCUT2D eigenvalue weighted by Gasteiger charge is -2.16. The lowest BCUT2D eigenvalue weighted by atomic mass is 9.99. The van der Waals surface area contributed by atoms with Gasteiger partial charge in [0.25, 0.3) is 0 Å². The summed E-state index contributed by atoms with van der Waals surface area (Å²) in [6.07, 6.45) is 10.6. The smallest absolute Gasteiger partial charge is 0.223 e. The van der Waals surface area contributed by atoms with Gasteiger partial charge in [-0.15, -0.1) is 11.6 Å². The van der Waals surface area contributed by atoms with Crippen LogP contribution < -0.4 is 5.32 Å². The predicted molar refractivity (Wildman–Crippen MR) is 71.2 cm³/mol. The van der Waals surface area contributed by atoms with Crippen molar-refractivity contribution in [1.29, 1.82) is 0 Å². The molecule has 0 aromatic heterocycles. The molecule has 0 spiro atoms. The first-order valence-electron chi connectivity index (χ1n) is 7.17. The van der Waals surface area contributed by atoms with Gasteiger partial charge in [0.05, 0.1) is 0 Å². The van der Waals surface area contributed by atoms with Gasteiger partial charge in [-0.25, -0.2) is 0 Å². The fourth-order valence-corrected chi connectivity index (χ4v) is 3.51. The first-order valence-corrected chi connectivity index (χ1v) is 7.61. The summed E-state index contributed by atoms with van der Waals surface area (Å²) in [6.45, 7) is 0.846. The van der Waals surface area contributed by atoms with Gasteiger partial charge < -0.3 is 5.32 Å². The van der Waals surface area contributed by atoms with Gasteiger partial charge in [0, 0.05) is 17.8 Å². The van der Waals surface area contributed by atoms with Crippen molar-refractivity contribution in [2.45, 2.75) is 63.2 Å². The summed E-state index contributed by atoms with van der Waals surface area (Å²) < 4.78 is 0. The van der Waals surface area contributed by atoms with Crippen LogP contribution in [0.25, 0.3) is 0 Å². The van der Waals surface area contributed by atoms with Crippen LogP contribution in [-0.4, -0.2) is 17.8 Å². The Hall–Kier alpha value is -0.240. The zero-order valence-electron chi connectivity index (χ0n) is 10.6. The van der Waals surface area contributed by atoms with E-state index in [-0.39, 0.29) is 5.92 Å². The Balaban J connectivity index is 1.69. The molecule has 0 aromatic rings. The van der Waals surface area contributed by atoms with Crippen LogP contribution in [0.1, 0.15) is 57.8 Å². The van der Waals surface area contributed by atoms with Crippen LogP contribution in [0.4, 0.5) is 0 Å². The minimum atomic E-state index is 0.283. The van der Waals surface area contributed by atoms with Gasteiger partial charge >= 0.3 is 0 Å². The zero-order valence-corrected chi connectivity index (χ0v) is 11.3.